The van der Waals surface area contributed by atoms with Crippen molar-refractivity contribution in [3.05, 3.63) is 36.0 Å². The first-order valence-corrected chi connectivity index (χ1v) is 5.28. The van der Waals surface area contributed by atoms with Gasteiger partial charge in [0.1, 0.15) is 0 Å². The van der Waals surface area contributed by atoms with Gasteiger partial charge < -0.3 is 4.57 Å². The van der Waals surface area contributed by atoms with E-state index >= 15 is 0 Å². The number of nitrogens with zero attached hydrogens (tertiary/aromatic N) is 1. The van der Waals surface area contributed by atoms with E-state index in [-0.39, 0.29) is 5.78 Å². The van der Waals surface area contributed by atoms with Crippen molar-refractivity contribution >= 4 is 16.7 Å². The summed E-state index contributed by atoms with van der Waals surface area (Å²) in [7, 11) is 0. The maximum absolute atomic E-state index is 11.4. The number of hydrogen-bond donors (Lipinski definition) is 0. The van der Waals surface area contributed by atoms with Crippen LogP contribution in [0.4, 0.5) is 0 Å². The minimum atomic E-state index is 0.274. The van der Waals surface area contributed by atoms with Crippen LogP contribution in [0.15, 0.2) is 30.5 Å². The first-order chi connectivity index (χ1) is 7.22. The van der Waals surface area contributed by atoms with E-state index in [0.29, 0.717) is 13.0 Å². The van der Waals surface area contributed by atoms with Crippen LogP contribution in [-0.4, -0.2) is 10.4 Å². The van der Waals surface area contributed by atoms with Crippen LogP contribution in [-0.2, 0) is 11.3 Å². The average Bonchev–Trinajstić information content (AvgIpc) is 2.57. The lowest BCUT2D eigenvalue weighted by Gasteiger charge is -2.02. The molecule has 78 valence electrons. The molecule has 0 bridgehead atoms. The number of fused-ring (bicyclic) bond motifs is 1. The van der Waals surface area contributed by atoms with Gasteiger partial charge in [-0.05, 0) is 18.6 Å². The Morgan fingerprint density at radius 3 is 2.80 bits per heavy atom. The Hall–Kier alpha value is -1.57. The molecule has 0 saturated heterocycles. The molecule has 0 radical (unpaired) electrons. The number of ketones is 1. The fraction of sp³-hybridized carbons (Fsp3) is 0.308. The summed E-state index contributed by atoms with van der Waals surface area (Å²) < 4.78 is 2.04. The van der Waals surface area contributed by atoms with Crippen LogP contribution in [0, 0.1) is 6.92 Å². The lowest BCUT2D eigenvalue weighted by Crippen LogP contribution is -2.07. The lowest BCUT2D eigenvalue weighted by molar-refractivity contribution is -0.119. The Kier molecular flexibility index (Phi) is 2.58. The highest BCUT2D eigenvalue weighted by molar-refractivity contribution is 5.86. The molecule has 0 N–H and O–H groups in total. The number of Topliss-reactive ketones (excluding diaryl/α,β-unsaturated/α-hetero) is 1. The van der Waals surface area contributed by atoms with Crippen LogP contribution in [0.1, 0.15) is 18.9 Å². The Bertz CT molecular complexity index is 496. The quantitative estimate of drug-likeness (QED) is 0.748. The standard InChI is InChI=1S/C13H15NO/c1-3-11(15)9-14-8-10(2)12-6-4-5-7-13(12)14/h4-8H,3,9H2,1-2H3. The number of para-hydroxylation sites is 1. The van der Waals surface area contributed by atoms with Crippen LogP contribution in [0.5, 0.6) is 0 Å². The molecule has 0 aliphatic rings. The summed E-state index contributed by atoms with van der Waals surface area (Å²) in [5.41, 5.74) is 2.38. The van der Waals surface area contributed by atoms with Crippen LogP contribution in [0.25, 0.3) is 10.9 Å². The second-order valence-electron chi connectivity index (χ2n) is 3.85. The summed E-state index contributed by atoms with van der Waals surface area (Å²) in [6.07, 6.45) is 2.66. The highest BCUT2D eigenvalue weighted by Gasteiger charge is 2.06. The molecule has 2 heteroatoms. The van der Waals surface area contributed by atoms with Gasteiger partial charge in [0, 0.05) is 23.5 Å². The molecule has 0 aliphatic heterocycles. The predicted octanol–water partition coefficient (Wildman–Crippen LogP) is 2.93. The molecular formula is C13H15NO. The molecule has 0 saturated carbocycles. The highest BCUT2D eigenvalue weighted by Crippen LogP contribution is 2.20. The Morgan fingerprint density at radius 2 is 2.07 bits per heavy atom. The largest absolute Gasteiger partial charge is 0.340 e. The number of benzene rings is 1. The molecule has 0 fully saturated rings. The van der Waals surface area contributed by atoms with Gasteiger partial charge in [-0.25, -0.2) is 0 Å². The Balaban J connectivity index is 2.48. The van der Waals surface area contributed by atoms with E-state index in [2.05, 4.69) is 25.3 Å². The smallest absolute Gasteiger partial charge is 0.152 e. The average molecular weight is 201 g/mol. The van der Waals surface area contributed by atoms with Gasteiger partial charge >= 0.3 is 0 Å². The number of rotatable bonds is 3. The zero-order chi connectivity index (χ0) is 10.8. The molecule has 1 aromatic carbocycles. The zero-order valence-electron chi connectivity index (χ0n) is 9.16. The summed E-state index contributed by atoms with van der Waals surface area (Å²) in [6.45, 7) is 4.47. The van der Waals surface area contributed by atoms with Crippen molar-refractivity contribution in [3.8, 4) is 0 Å². The number of carbonyl (C=O) groups is 1. The van der Waals surface area contributed by atoms with E-state index in [1.54, 1.807) is 0 Å². The van der Waals surface area contributed by atoms with Crippen LogP contribution in [0.3, 0.4) is 0 Å². The van der Waals surface area contributed by atoms with Crippen molar-refractivity contribution in [2.45, 2.75) is 26.8 Å². The first-order valence-electron chi connectivity index (χ1n) is 5.28. The van der Waals surface area contributed by atoms with Gasteiger partial charge in [0.15, 0.2) is 5.78 Å². The Labute approximate surface area is 89.5 Å². The molecule has 2 nitrogen and oxygen atoms in total. The molecule has 2 rings (SSSR count). The molecule has 0 atom stereocenters. The summed E-state index contributed by atoms with van der Waals surface area (Å²) in [4.78, 5) is 11.4. The number of carbonyl (C=O) groups excluding carboxylic acids is 1. The monoisotopic (exact) mass is 201 g/mol. The van der Waals surface area contributed by atoms with Gasteiger partial charge in [-0.1, -0.05) is 25.1 Å². The zero-order valence-corrected chi connectivity index (χ0v) is 9.16. The van der Waals surface area contributed by atoms with Crippen LogP contribution >= 0.6 is 0 Å². The summed E-state index contributed by atoms with van der Waals surface area (Å²) in [5, 5.41) is 1.24. The molecule has 15 heavy (non-hydrogen) atoms. The third-order valence-electron chi connectivity index (χ3n) is 2.73. The maximum atomic E-state index is 11.4. The molecular weight excluding hydrogens is 186 g/mol. The minimum Gasteiger partial charge on any atom is -0.340 e. The normalized spacial score (nSPS) is 10.8. The molecule has 1 heterocycles. The van der Waals surface area contributed by atoms with Crippen molar-refractivity contribution in [1.82, 2.24) is 4.57 Å². The van der Waals surface area contributed by atoms with E-state index in [9.17, 15) is 4.79 Å². The molecule has 0 amide bonds. The van der Waals surface area contributed by atoms with E-state index in [1.165, 1.54) is 10.9 Å². The molecule has 1 aromatic heterocycles. The van der Waals surface area contributed by atoms with Gasteiger partial charge in [-0.15, -0.1) is 0 Å². The minimum absolute atomic E-state index is 0.274. The van der Waals surface area contributed by atoms with E-state index in [0.717, 1.165) is 5.52 Å². The molecule has 0 spiro atoms. The third-order valence-corrected chi connectivity index (χ3v) is 2.73. The van der Waals surface area contributed by atoms with Gasteiger partial charge in [0.2, 0.25) is 0 Å². The Morgan fingerprint density at radius 1 is 1.33 bits per heavy atom. The SMILES string of the molecule is CCC(=O)Cn1cc(C)c2ccccc21. The van der Waals surface area contributed by atoms with Crippen LogP contribution < -0.4 is 0 Å². The number of aromatic nitrogens is 1. The van der Waals surface area contributed by atoms with Gasteiger partial charge in [-0.2, -0.15) is 0 Å². The topological polar surface area (TPSA) is 22.0 Å². The van der Waals surface area contributed by atoms with Gasteiger partial charge in [0.25, 0.3) is 0 Å². The second-order valence-corrected chi connectivity index (χ2v) is 3.85. The number of aryl methyl sites for hydroxylation is 1. The summed E-state index contributed by atoms with van der Waals surface area (Å²) in [6, 6.07) is 8.19. The van der Waals surface area contributed by atoms with E-state index in [1.807, 2.05) is 23.6 Å². The fourth-order valence-corrected chi connectivity index (χ4v) is 1.86. The van der Waals surface area contributed by atoms with Crippen molar-refractivity contribution < 1.29 is 4.79 Å². The van der Waals surface area contributed by atoms with Gasteiger partial charge in [-0.3, -0.25) is 4.79 Å². The molecule has 0 unspecified atom stereocenters. The number of hydrogen-bond acceptors (Lipinski definition) is 1. The molecule has 0 aliphatic carbocycles. The first kappa shape index (κ1) is 9.97. The third kappa shape index (κ3) is 1.80. The van der Waals surface area contributed by atoms with Crippen molar-refractivity contribution in [2.75, 3.05) is 0 Å². The lowest BCUT2D eigenvalue weighted by atomic mass is 10.2. The van der Waals surface area contributed by atoms with Gasteiger partial charge in [0.05, 0.1) is 6.54 Å². The van der Waals surface area contributed by atoms with Crippen molar-refractivity contribution in [3.63, 3.8) is 0 Å². The second kappa shape index (κ2) is 3.89. The summed E-state index contributed by atoms with van der Waals surface area (Å²) >= 11 is 0. The fourth-order valence-electron chi connectivity index (χ4n) is 1.86. The van der Waals surface area contributed by atoms with E-state index in [4.69, 9.17) is 0 Å². The predicted molar refractivity (Wildman–Crippen MR) is 62.0 cm³/mol. The van der Waals surface area contributed by atoms with Crippen molar-refractivity contribution in [1.29, 1.82) is 0 Å². The molecule has 2 aromatic rings. The summed E-state index contributed by atoms with van der Waals surface area (Å²) in [5.74, 6) is 0.274. The maximum Gasteiger partial charge on any atom is 0.152 e. The van der Waals surface area contributed by atoms with Crippen LogP contribution in [0.2, 0.25) is 0 Å². The van der Waals surface area contributed by atoms with E-state index < -0.39 is 0 Å². The highest BCUT2D eigenvalue weighted by atomic mass is 16.1. The van der Waals surface area contributed by atoms with Crippen molar-refractivity contribution in [2.24, 2.45) is 0 Å².